The molecule has 0 spiro atoms. The summed E-state index contributed by atoms with van der Waals surface area (Å²) in [5.74, 6) is -0.601. The highest BCUT2D eigenvalue weighted by Gasteiger charge is 2.23. The van der Waals surface area contributed by atoms with Gasteiger partial charge in [-0.15, -0.1) is 0 Å². The first-order chi connectivity index (χ1) is 24.9. The van der Waals surface area contributed by atoms with Crippen LogP contribution in [0, 0.1) is 0 Å². The number of anilines is 1. The number of para-hydroxylation sites is 1. The molecule has 4 N–H and O–H groups in total. The Hall–Kier alpha value is -4.41. The number of nitrogens with zero attached hydrogens (tertiary/aromatic N) is 3. The Morgan fingerprint density at radius 1 is 0.745 bits per heavy atom. The van der Waals surface area contributed by atoms with Crippen molar-refractivity contribution >= 4 is 51.3 Å². The number of benzene rings is 1. The highest BCUT2D eigenvalue weighted by Crippen LogP contribution is 2.31. The van der Waals surface area contributed by atoms with E-state index < -0.39 is 11.8 Å². The molecule has 0 saturated heterocycles. The Kier molecular flexibility index (Phi) is 16.8. The van der Waals surface area contributed by atoms with Crippen molar-refractivity contribution in [2.45, 2.75) is 45.8 Å². The Morgan fingerprint density at radius 3 is 2.08 bits per heavy atom. The second kappa shape index (κ2) is 21.7. The molecule has 0 fully saturated rings. The van der Waals surface area contributed by atoms with Crippen molar-refractivity contribution in [3.63, 3.8) is 0 Å². The lowest BCUT2D eigenvalue weighted by Crippen LogP contribution is -2.35. The van der Waals surface area contributed by atoms with Crippen LogP contribution in [0.25, 0.3) is 21.8 Å². The maximum atomic E-state index is 12.3. The lowest BCUT2D eigenvalue weighted by atomic mass is 10.1. The van der Waals surface area contributed by atoms with E-state index in [1.54, 1.807) is 0 Å². The predicted octanol–water partition coefficient (Wildman–Crippen LogP) is 2.09. The highest BCUT2D eigenvalue weighted by molar-refractivity contribution is 6.13. The normalized spacial score (nSPS) is 12.8. The molecule has 278 valence electrons. The monoisotopic (exact) mass is 710 g/mol. The van der Waals surface area contributed by atoms with Crippen LogP contribution in [-0.4, -0.2) is 117 Å². The number of hydrogen-bond donors (Lipinski definition) is 3. The van der Waals surface area contributed by atoms with Gasteiger partial charge in [0.15, 0.2) is 0 Å². The summed E-state index contributed by atoms with van der Waals surface area (Å²) < 4.78 is 29.9. The number of ether oxygens (including phenoxy) is 5. The van der Waals surface area contributed by atoms with Crippen LogP contribution in [0.15, 0.2) is 42.5 Å². The molecule has 2 aromatic heterocycles. The number of nitrogen functional groups attached to an aromatic ring is 1. The zero-order valence-corrected chi connectivity index (χ0v) is 29.4. The number of hydrogen-bond acceptors (Lipinski definition) is 11. The lowest BCUT2D eigenvalue weighted by molar-refractivity contribution is -0.137. The topological polar surface area (TPSA) is 186 Å². The van der Waals surface area contributed by atoms with Gasteiger partial charge < -0.3 is 44.6 Å². The molecule has 0 bridgehead atoms. The third-order valence-corrected chi connectivity index (χ3v) is 8.06. The summed E-state index contributed by atoms with van der Waals surface area (Å²) in [5.41, 5.74) is 9.31. The van der Waals surface area contributed by atoms with Gasteiger partial charge in [0.2, 0.25) is 11.8 Å². The molecule has 1 aliphatic rings. The van der Waals surface area contributed by atoms with Crippen LogP contribution >= 0.6 is 0 Å². The van der Waals surface area contributed by atoms with Gasteiger partial charge in [-0.1, -0.05) is 18.2 Å². The quantitative estimate of drug-likeness (QED) is 0.0819. The standard InChI is InChI=1S/C36H50N6O9/c1-2-47-26-27-25-29-35(28-7-3-4-8-30(28)40-36(29)37)41(27)15-6-5-13-38-32(44)12-17-48-19-21-50-23-24-51-22-20-49-18-14-39-31(43)11-16-42-33(45)9-10-34(42)46/h3-4,7-10,25H,2,5-6,11-24,26H2,1H3,(H2,37,40)(H,38,44)(H,39,43). The molecule has 51 heavy (non-hydrogen) atoms. The summed E-state index contributed by atoms with van der Waals surface area (Å²) in [6.07, 6.45) is 4.41. The van der Waals surface area contributed by atoms with Gasteiger partial charge in [0.1, 0.15) is 5.82 Å². The Morgan fingerprint density at radius 2 is 1.37 bits per heavy atom. The van der Waals surface area contributed by atoms with Gasteiger partial charge in [-0.25, -0.2) is 4.98 Å². The fraction of sp³-hybridized carbons (Fsp3) is 0.528. The van der Waals surface area contributed by atoms with Crippen molar-refractivity contribution in [3.8, 4) is 0 Å². The summed E-state index contributed by atoms with van der Waals surface area (Å²) in [6.45, 7) is 7.80. The molecular formula is C36H50N6O9. The Bertz CT molecular complexity index is 1610. The number of nitrogens with two attached hydrogens (primary N) is 1. The fourth-order valence-corrected chi connectivity index (χ4v) is 5.48. The number of imide groups is 1. The van der Waals surface area contributed by atoms with Gasteiger partial charge >= 0.3 is 0 Å². The van der Waals surface area contributed by atoms with E-state index in [9.17, 15) is 19.2 Å². The number of aryl methyl sites for hydroxylation is 1. The van der Waals surface area contributed by atoms with Crippen molar-refractivity contribution in [2.24, 2.45) is 0 Å². The molecule has 1 aliphatic heterocycles. The third-order valence-electron chi connectivity index (χ3n) is 8.06. The van der Waals surface area contributed by atoms with Gasteiger partial charge in [-0.3, -0.25) is 24.1 Å². The molecule has 4 amide bonds. The van der Waals surface area contributed by atoms with Gasteiger partial charge in [-0.2, -0.15) is 0 Å². The predicted molar refractivity (Wildman–Crippen MR) is 191 cm³/mol. The second-order valence-corrected chi connectivity index (χ2v) is 11.7. The first kappa shape index (κ1) is 39.4. The van der Waals surface area contributed by atoms with E-state index in [4.69, 9.17) is 29.4 Å². The summed E-state index contributed by atoms with van der Waals surface area (Å²) in [7, 11) is 0. The molecule has 15 heteroatoms. The molecule has 0 radical (unpaired) electrons. The van der Waals surface area contributed by atoms with Crippen LogP contribution in [0.1, 0.15) is 38.3 Å². The van der Waals surface area contributed by atoms with Crippen LogP contribution < -0.4 is 16.4 Å². The zero-order chi connectivity index (χ0) is 36.3. The minimum absolute atomic E-state index is 0.0441. The average molecular weight is 711 g/mol. The van der Waals surface area contributed by atoms with E-state index in [1.165, 1.54) is 12.2 Å². The smallest absolute Gasteiger partial charge is 0.253 e. The minimum atomic E-state index is -0.402. The van der Waals surface area contributed by atoms with E-state index >= 15 is 0 Å². The maximum absolute atomic E-state index is 12.3. The van der Waals surface area contributed by atoms with E-state index in [1.807, 2.05) is 25.1 Å². The average Bonchev–Trinajstić information content (AvgIpc) is 3.66. The van der Waals surface area contributed by atoms with E-state index in [0.717, 1.165) is 51.8 Å². The van der Waals surface area contributed by atoms with Gasteiger partial charge in [0.25, 0.3) is 11.8 Å². The fourth-order valence-electron chi connectivity index (χ4n) is 5.48. The molecule has 0 atom stereocenters. The number of carbonyl (C=O) groups excluding carboxylic acids is 4. The second-order valence-electron chi connectivity index (χ2n) is 11.7. The molecule has 3 heterocycles. The number of amides is 4. The van der Waals surface area contributed by atoms with E-state index in [2.05, 4.69) is 32.3 Å². The SMILES string of the molecule is CCOCc1cc2c(N)nc3ccccc3c2n1CCCCNC(=O)CCOCCOCCOCCOCCNC(=O)CCN1C(=O)C=CC1=O. The third kappa shape index (κ3) is 12.7. The number of aromatic nitrogens is 2. The molecule has 0 saturated carbocycles. The van der Waals surface area contributed by atoms with E-state index in [0.29, 0.717) is 85.0 Å². The summed E-state index contributed by atoms with van der Waals surface area (Å²) in [4.78, 5) is 52.7. The molecule has 3 aromatic rings. The molecule has 0 aliphatic carbocycles. The number of carbonyl (C=O) groups is 4. The van der Waals surface area contributed by atoms with Crippen molar-refractivity contribution < 1.29 is 42.9 Å². The van der Waals surface area contributed by atoms with Crippen molar-refractivity contribution in [3.05, 3.63) is 48.2 Å². The van der Waals surface area contributed by atoms with Crippen molar-refractivity contribution in [1.82, 2.24) is 25.1 Å². The first-order valence-electron chi connectivity index (χ1n) is 17.5. The maximum Gasteiger partial charge on any atom is 0.253 e. The Balaban J connectivity index is 0.952. The molecule has 4 rings (SSSR count). The number of rotatable bonds is 26. The van der Waals surface area contributed by atoms with Crippen LogP contribution in [-0.2, 0) is 56.0 Å². The van der Waals surface area contributed by atoms with Crippen molar-refractivity contribution in [2.75, 3.05) is 84.8 Å². The number of fused-ring (bicyclic) bond motifs is 3. The largest absolute Gasteiger partial charge is 0.383 e. The summed E-state index contributed by atoms with van der Waals surface area (Å²) in [5, 5.41) is 7.64. The first-order valence-corrected chi connectivity index (χ1v) is 17.5. The zero-order valence-electron chi connectivity index (χ0n) is 29.4. The minimum Gasteiger partial charge on any atom is -0.383 e. The van der Waals surface area contributed by atoms with Gasteiger partial charge in [0.05, 0.1) is 70.5 Å². The van der Waals surface area contributed by atoms with Crippen LogP contribution in [0.4, 0.5) is 5.82 Å². The van der Waals surface area contributed by atoms with Gasteiger partial charge in [-0.05, 0) is 31.9 Å². The summed E-state index contributed by atoms with van der Waals surface area (Å²) in [6, 6.07) is 10.1. The molecule has 1 aromatic carbocycles. The van der Waals surface area contributed by atoms with Crippen molar-refractivity contribution in [1.29, 1.82) is 0 Å². The number of pyridine rings is 1. The Labute approximate surface area is 297 Å². The number of unbranched alkanes of at least 4 members (excludes halogenated alkanes) is 1. The molecule has 0 unspecified atom stereocenters. The molecular weight excluding hydrogens is 660 g/mol. The molecule has 15 nitrogen and oxygen atoms in total. The van der Waals surface area contributed by atoms with Crippen LogP contribution in [0.5, 0.6) is 0 Å². The van der Waals surface area contributed by atoms with E-state index in [-0.39, 0.29) is 31.2 Å². The van der Waals surface area contributed by atoms with Crippen LogP contribution in [0.2, 0.25) is 0 Å². The lowest BCUT2D eigenvalue weighted by Gasteiger charge is -2.13. The summed E-state index contributed by atoms with van der Waals surface area (Å²) >= 11 is 0. The number of nitrogens with one attached hydrogen (secondary N) is 2. The van der Waals surface area contributed by atoms with Gasteiger partial charge in [0, 0.05) is 74.2 Å². The highest BCUT2D eigenvalue weighted by atomic mass is 16.6. The van der Waals surface area contributed by atoms with Crippen LogP contribution in [0.3, 0.4) is 0 Å².